The smallest absolute Gasteiger partial charge is 0.253 e. The summed E-state index contributed by atoms with van der Waals surface area (Å²) < 4.78 is 0. The van der Waals surface area contributed by atoms with E-state index >= 15 is 0 Å². The van der Waals surface area contributed by atoms with Crippen molar-refractivity contribution < 1.29 is 4.79 Å². The fourth-order valence-electron chi connectivity index (χ4n) is 2.20. The molecule has 3 N–H and O–H groups in total. The Hall–Kier alpha value is -1.71. The molecule has 0 spiro atoms. The van der Waals surface area contributed by atoms with Gasteiger partial charge in [-0.05, 0) is 31.0 Å². The van der Waals surface area contributed by atoms with Crippen LogP contribution in [0, 0.1) is 0 Å². The average molecular weight is 249 g/mol. The Morgan fingerprint density at radius 2 is 2.00 bits per heavy atom. The first-order valence-electron chi connectivity index (χ1n) is 6.39. The molecule has 0 atom stereocenters. The van der Waals surface area contributed by atoms with Gasteiger partial charge < -0.3 is 16.0 Å². The summed E-state index contributed by atoms with van der Waals surface area (Å²) in [6.45, 7) is 4.30. The van der Waals surface area contributed by atoms with Crippen LogP contribution in [0.1, 0.15) is 37.0 Å². The minimum absolute atomic E-state index is 0.0807. The second kappa shape index (κ2) is 6.28. The molecule has 1 amide bonds. The van der Waals surface area contributed by atoms with Crippen LogP contribution in [0.4, 0.5) is 11.4 Å². The molecule has 0 saturated carbocycles. The zero-order chi connectivity index (χ0) is 13.7. The first-order valence-corrected chi connectivity index (χ1v) is 6.39. The van der Waals surface area contributed by atoms with Gasteiger partial charge in [0.1, 0.15) is 0 Å². The van der Waals surface area contributed by atoms with Gasteiger partial charge in [0.2, 0.25) is 0 Å². The summed E-state index contributed by atoms with van der Waals surface area (Å²) >= 11 is 0. The molecule has 100 valence electrons. The van der Waals surface area contributed by atoms with E-state index in [2.05, 4.69) is 24.1 Å². The van der Waals surface area contributed by atoms with Crippen LogP contribution >= 0.6 is 0 Å². The molecule has 0 unspecified atom stereocenters. The highest BCUT2D eigenvalue weighted by atomic mass is 16.1. The molecule has 18 heavy (non-hydrogen) atoms. The molecule has 0 aromatic heterocycles. The number of hydrogen-bond donors (Lipinski definition) is 2. The van der Waals surface area contributed by atoms with Crippen LogP contribution in [0.15, 0.2) is 18.2 Å². The van der Waals surface area contributed by atoms with Gasteiger partial charge in [0.05, 0.1) is 11.3 Å². The van der Waals surface area contributed by atoms with Crippen LogP contribution in [0.25, 0.3) is 0 Å². The number of anilines is 2. The SMILES string of the molecule is CCC(CC)N(C)c1cc(N)ccc1C(=O)NC. The van der Waals surface area contributed by atoms with Gasteiger partial charge in [-0.1, -0.05) is 13.8 Å². The monoisotopic (exact) mass is 249 g/mol. The van der Waals surface area contributed by atoms with Gasteiger partial charge in [-0.3, -0.25) is 4.79 Å². The van der Waals surface area contributed by atoms with Crippen molar-refractivity contribution in [1.82, 2.24) is 5.32 Å². The Morgan fingerprint density at radius 3 is 2.50 bits per heavy atom. The van der Waals surface area contributed by atoms with Gasteiger partial charge in [0.25, 0.3) is 5.91 Å². The Labute approximate surface area is 109 Å². The molecule has 0 heterocycles. The predicted octanol–water partition coefficient (Wildman–Crippen LogP) is 2.25. The highest BCUT2D eigenvalue weighted by Gasteiger charge is 2.18. The molecule has 1 aromatic rings. The Balaban J connectivity index is 3.19. The maximum absolute atomic E-state index is 11.9. The third-order valence-electron chi connectivity index (χ3n) is 3.36. The largest absolute Gasteiger partial charge is 0.399 e. The molecule has 0 aliphatic heterocycles. The predicted molar refractivity (Wildman–Crippen MR) is 77.0 cm³/mol. The van der Waals surface area contributed by atoms with E-state index in [9.17, 15) is 4.79 Å². The lowest BCUT2D eigenvalue weighted by Gasteiger charge is -2.30. The first kappa shape index (κ1) is 14.4. The number of nitrogen functional groups attached to an aromatic ring is 1. The van der Waals surface area contributed by atoms with Crippen molar-refractivity contribution >= 4 is 17.3 Å². The van der Waals surface area contributed by atoms with Gasteiger partial charge in [-0.15, -0.1) is 0 Å². The lowest BCUT2D eigenvalue weighted by atomic mass is 10.1. The van der Waals surface area contributed by atoms with E-state index in [1.54, 1.807) is 19.2 Å². The van der Waals surface area contributed by atoms with E-state index in [0.29, 0.717) is 17.3 Å². The fraction of sp³-hybridized carbons (Fsp3) is 0.500. The summed E-state index contributed by atoms with van der Waals surface area (Å²) in [6.07, 6.45) is 2.07. The number of carbonyl (C=O) groups is 1. The van der Waals surface area contributed by atoms with Gasteiger partial charge >= 0.3 is 0 Å². The molecule has 0 bridgehead atoms. The van der Waals surface area contributed by atoms with Crippen LogP contribution < -0.4 is 16.0 Å². The van der Waals surface area contributed by atoms with Crippen LogP contribution in [0.5, 0.6) is 0 Å². The van der Waals surface area contributed by atoms with Crippen molar-refractivity contribution in [3.8, 4) is 0 Å². The van der Waals surface area contributed by atoms with Crippen molar-refractivity contribution in [3.63, 3.8) is 0 Å². The molecule has 1 rings (SSSR count). The summed E-state index contributed by atoms with van der Waals surface area (Å²) in [6, 6.07) is 5.82. The molecule has 4 heteroatoms. The number of carbonyl (C=O) groups excluding carboxylic acids is 1. The minimum Gasteiger partial charge on any atom is -0.399 e. The quantitative estimate of drug-likeness (QED) is 0.787. The van der Waals surface area contributed by atoms with E-state index in [-0.39, 0.29) is 5.91 Å². The normalized spacial score (nSPS) is 10.5. The second-order valence-electron chi connectivity index (χ2n) is 4.44. The van der Waals surface area contributed by atoms with Crippen molar-refractivity contribution in [2.24, 2.45) is 0 Å². The van der Waals surface area contributed by atoms with Crippen LogP contribution in [0.2, 0.25) is 0 Å². The minimum atomic E-state index is -0.0807. The number of amides is 1. The molecule has 4 nitrogen and oxygen atoms in total. The highest BCUT2D eigenvalue weighted by molar-refractivity contribution is 6.00. The van der Waals surface area contributed by atoms with E-state index in [1.165, 1.54) is 0 Å². The summed E-state index contributed by atoms with van der Waals surface area (Å²) in [5.41, 5.74) is 8.07. The maximum atomic E-state index is 11.9. The summed E-state index contributed by atoms with van der Waals surface area (Å²) in [7, 11) is 3.65. The number of nitrogens with one attached hydrogen (secondary N) is 1. The third-order valence-corrected chi connectivity index (χ3v) is 3.36. The average Bonchev–Trinajstić information content (AvgIpc) is 2.39. The van der Waals surface area contributed by atoms with Crippen molar-refractivity contribution in [2.75, 3.05) is 24.7 Å². The number of hydrogen-bond acceptors (Lipinski definition) is 3. The van der Waals surface area contributed by atoms with E-state index in [1.807, 2.05) is 13.1 Å². The van der Waals surface area contributed by atoms with Crippen molar-refractivity contribution in [2.45, 2.75) is 32.7 Å². The molecule has 1 aromatic carbocycles. The molecular formula is C14H23N3O. The lowest BCUT2D eigenvalue weighted by Crippen LogP contribution is -2.32. The molecular weight excluding hydrogens is 226 g/mol. The number of nitrogens with zero attached hydrogens (tertiary/aromatic N) is 1. The Morgan fingerprint density at radius 1 is 1.39 bits per heavy atom. The maximum Gasteiger partial charge on any atom is 0.253 e. The third kappa shape index (κ3) is 2.94. The van der Waals surface area contributed by atoms with E-state index in [4.69, 9.17) is 5.73 Å². The van der Waals surface area contributed by atoms with Gasteiger partial charge in [0.15, 0.2) is 0 Å². The van der Waals surface area contributed by atoms with E-state index in [0.717, 1.165) is 18.5 Å². The highest BCUT2D eigenvalue weighted by Crippen LogP contribution is 2.26. The second-order valence-corrected chi connectivity index (χ2v) is 4.44. The zero-order valence-electron chi connectivity index (χ0n) is 11.7. The zero-order valence-corrected chi connectivity index (χ0v) is 11.7. The topological polar surface area (TPSA) is 58.4 Å². The number of nitrogens with two attached hydrogens (primary N) is 1. The van der Waals surface area contributed by atoms with E-state index < -0.39 is 0 Å². The Kier molecular flexibility index (Phi) is 5.01. The first-order chi connectivity index (χ1) is 8.54. The summed E-state index contributed by atoms with van der Waals surface area (Å²) in [5, 5.41) is 2.66. The van der Waals surface area contributed by atoms with Crippen LogP contribution in [-0.4, -0.2) is 26.0 Å². The van der Waals surface area contributed by atoms with Crippen LogP contribution in [0.3, 0.4) is 0 Å². The lowest BCUT2D eigenvalue weighted by molar-refractivity contribution is 0.0963. The van der Waals surface area contributed by atoms with Gasteiger partial charge in [-0.25, -0.2) is 0 Å². The summed E-state index contributed by atoms with van der Waals surface area (Å²) in [4.78, 5) is 14.0. The summed E-state index contributed by atoms with van der Waals surface area (Å²) in [5.74, 6) is -0.0807. The number of benzene rings is 1. The number of rotatable bonds is 5. The van der Waals surface area contributed by atoms with Gasteiger partial charge in [0, 0.05) is 25.8 Å². The molecule has 0 fully saturated rings. The standard InChI is InChI=1S/C14H23N3O/c1-5-11(6-2)17(4)13-9-10(15)7-8-12(13)14(18)16-3/h7-9,11H,5-6,15H2,1-4H3,(H,16,18). The molecule has 0 saturated heterocycles. The van der Waals surface area contributed by atoms with Crippen LogP contribution in [-0.2, 0) is 0 Å². The fourth-order valence-corrected chi connectivity index (χ4v) is 2.20. The van der Waals surface area contributed by atoms with Crippen molar-refractivity contribution in [3.05, 3.63) is 23.8 Å². The Bertz CT molecular complexity index is 414. The molecule has 0 aliphatic carbocycles. The van der Waals surface area contributed by atoms with Crippen molar-refractivity contribution in [1.29, 1.82) is 0 Å². The molecule has 0 aliphatic rings. The van der Waals surface area contributed by atoms with Gasteiger partial charge in [-0.2, -0.15) is 0 Å². The molecule has 0 radical (unpaired) electrons.